The monoisotopic (exact) mass is 278 g/mol. The van der Waals surface area contributed by atoms with E-state index in [9.17, 15) is 4.79 Å². The number of carbonyl (C=O) groups excluding carboxylic acids is 1. The minimum absolute atomic E-state index is 0.344. The molecule has 0 amide bonds. The molecule has 0 spiro atoms. The van der Waals surface area contributed by atoms with Gasteiger partial charge in [0.25, 0.3) is 0 Å². The third-order valence-electron chi connectivity index (χ3n) is 3.21. The molecule has 0 fully saturated rings. The van der Waals surface area contributed by atoms with Crippen LogP contribution in [0.4, 0.5) is 11.4 Å². The number of hydrogen-bond acceptors (Lipinski definition) is 4. The quantitative estimate of drug-likeness (QED) is 0.428. The molecule has 21 heavy (non-hydrogen) atoms. The van der Waals surface area contributed by atoms with E-state index >= 15 is 0 Å². The number of anilines is 2. The third-order valence-corrected chi connectivity index (χ3v) is 3.21. The molecule has 0 unspecified atom stereocenters. The van der Waals surface area contributed by atoms with E-state index < -0.39 is 5.97 Å². The first-order valence-electron chi connectivity index (χ1n) is 6.49. The van der Waals surface area contributed by atoms with Crippen LogP contribution in [0.5, 0.6) is 5.75 Å². The van der Waals surface area contributed by atoms with E-state index in [0.29, 0.717) is 22.7 Å². The molecule has 0 aliphatic carbocycles. The maximum atomic E-state index is 12.2. The number of fused-ring (bicyclic) bond motifs is 1. The Morgan fingerprint density at radius 2 is 1.57 bits per heavy atom. The summed E-state index contributed by atoms with van der Waals surface area (Å²) >= 11 is 0. The van der Waals surface area contributed by atoms with Crippen LogP contribution in [0, 0.1) is 0 Å². The zero-order valence-electron chi connectivity index (χ0n) is 11.2. The Morgan fingerprint density at radius 1 is 0.857 bits per heavy atom. The molecule has 0 saturated heterocycles. The Hall–Kier alpha value is -3.01. The lowest BCUT2D eigenvalue weighted by Crippen LogP contribution is -2.11. The Bertz CT molecular complexity index is 828. The smallest absolute Gasteiger partial charge is 0.345 e. The molecule has 4 N–H and O–H groups in total. The number of carbonyl (C=O) groups is 1. The van der Waals surface area contributed by atoms with Crippen LogP contribution in [0.3, 0.4) is 0 Å². The van der Waals surface area contributed by atoms with E-state index in [1.807, 2.05) is 24.3 Å². The standard InChI is InChI=1S/C17H14N2O2/c18-13-6-3-7-14(10-13)21-17(20)15-8-11-4-1-2-5-12(11)9-16(15)19/h1-10H,18-19H2. The molecule has 3 aromatic carbocycles. The number of nitrogens with two attached hydrogens (primary N) is 2. The molecule has 0 aromatic heterocycles. The van der Waals surface area contributed by atoms with Crippen molar-refractivity contribution in [2.45, 2.75) is 0 Å². The van der Waals surface area contributed by atoms with Gasteiger partial charge in [-0.05, 0) is 35.0 Å². The van der Waals surface area contributed by atoms with Gasteiger partial charge in [0.1, 0.15) is 5.75 Å². The van der Waals surface area contributed by atoms with Gasteiger partial charge in [-0.2, -0.15) is 0 Å². The van der Waals surface area contributed by atoms with Gasteiger partial charge in [0.15, 0.2) is 0 Å². The Balaban J connectivity index is 1.96. The highest BCUT2D eigenvalue weighted by molar-refractivity contribution is 6.02. The lowest BCUT2D eigenvalue weighted by Gasteiger charge is -2.08. The van der Waals surface area contributed by atoms with E-state index in [0.717, 1.165) is 10.8 Å². The molecule has 3 rings (SSSR count). The number of benzene rings is 3. The van der Waals surface area contributed by atoms with Gasteiger partial charge < -0.3 is 16.2 Å². The number of esters is 1. The second-order valence-corrected chi connectivity index (χ2v) is 4.75. The maximum Gasteiger partial charge on any atom is 0.345 e. The van der Waals surface area contributed by atoms with Crippen molar-refractivity contribution in [3.8, 4) is 5.75 Å². The molecular formula is C17H14N2O2. The predicted octanol–water partition coefficient (Wildman–Crippen LogP) is 3.22. The van der Waals surface area contributed by atoms with Crippen LogP contribution in [-0.4, -0.2) is 5.97 Å². The van der Waals surface area contributed by atoms with E-state index in [-0.39, 0.29) is 0 Å². The van der Waals surface area contributed by atoms with Crippen molar-refractivity contribution in [3.63, 3.8) is 0 Å². The Labute approximate surface area is 121 Å². The second kappa shape index (κ2) is 5.17. The zero-order valence-corrected chi connectivity index (χ0v) is 11.2. The van der Waals surface area contributed by atoms with Crippen LogP contribution in [0.15, 0.2) is 60.7 Å². The molecule has 4 heteroatoms. The highest BCUT2D eigenvalue weighted by Crippen LogP contribution is 2.24. The van der Waals surface area contributed by atoms with Gasteiger partial charge >= 0.3 is 5.97 Å². The first-order chi connectivity index (χ1) is 10.1. The van der Waals surface area contributed by atoms with Crippen molar-refractivity contribution in [1.29, 1.82) is 0 Å². The van der Waals surface area contributed by atoms with E-state index in [1.54, 1.807) is 36.4 Å². The largest absolute Gasteiger partial charge is 0.423 e. The van der Waals surface area contributed by atoms with Gasteiger partial charge in [-0.3, -0.25) is 0 Å². The fourth-order valence-corrected chi connectivity index (χ4v) is 2.17. The van der Waals surface area contributed by atoms with Gasteiger partial charge in [0, 0.05) is 17.4 Å². The van der Waals surface area contributed by atoms with Crippen molar-refractivity contribution in [2.24, 2.45) is 0 Å². The summed E-state index contributed by atoms with van der Waals surface area (Å²) in [5, 5.41) is 1.92. The molecule has 0 radical (unpaired) electrons. The lowest BCUT2D eigenvalue weighted by atomic mass is 10.1. The van der Waals surface area contributed by atoms with Crippen LogP contribution in [0.1, 0.15) is 10.4 Å². The summed E-state index contributed by atoms with van der Waals surface area (Å²) in [7, 11) is 0. The SMILES string of the molecule is Nc1cccc(OC(=O)c2cc3ccccc3cc2N)c1. The number of rotatable bonds is 2. The fourth-order valence-electron chi connectivity index (χ4n) is 2.17. The van der Waals surface area contributed by atoms with Crippen molar-refractivity contribution in [2.75, 3.05) is 11.5 Å². The molecule has 104 valence electrons. The highest BCUT2D eigenvalue weighted by atomic mass is 16.5. The number of nitrogen functional groups attached to an aromatic ring is 2. The van der Waals surface area contributed by atoms with Crippen LogP contribution in [0.2, 0.25) is 0 Å². The predicted molar refractivity (Wildman–Crippen MR) is 84.2 cm³/mol. The van der Waals surface area contributed by atoms with E-state index in [4.69, 9.17) is 16.2 Å². The van der Waals surface area contributed by atoms with Crippen LogP contribution in [-0.2, 0) is 0 Å². The zero-order chi connectivity index (χ0) is 14.8. The fraction of sp³-hybridized carbons (Fsp3) is 0. The second-order valence-electron chi connectivity index (χ2n) is 4.75. The average Bonchev–Trinajstić information content (AvgIpc) is 2.46. The molecule has 0 saturated carbocycles. The van der Waals surface area contributed by atoms with Gasteiger partial charge in [-0.25, -0.2) is 4.79 Å². The maximum absolute atomic E-state index is 12.2. The van der Waals surface area contributed by atoms with Crippen molar-refractivity contribution in [3.05, 3.63) is 66.2 Å². The highest BCUT2D eigenvalue weighted by Gasteiger charge is 2.13. The number of hydrogen-bond donors (Lipinski definition) is 2. The summed E-state index contributed by atoms with van der Waals surface area (Å²) in [5.74, 6) is -0.101. The third kappa shape index (κ3) is 2.65. The van der Waals surface area contributed by atoms with Gasteiger partial charge in [0.05, 0.1) is 5.56 Å². The minimum Gasteiger partial charge on any atom is -0.423 e. The van der Waals surface area contributed by atoms with Crippen molar-refractivity contribution >= 4 is 28.1 Å². The molecule has 0 aliphatic heterocycles. The first kappa shape index (κ1) is 13.0. The topological polar surface area (TPSA) is 78.3 Å². The number of ether oxygens (including phenoxy) is 1. The van der Waals surface area contributed by atoms with Gasteiger partial charge in [-0.15, -0.1) is 0 Å². The summed E-state index contributed by atoms with van der Waals surface area (Å²) in [6.45, 7) is 0. The summed E-state index contributed by atoms with van der Waals surface area (Å²) in [6, 6.07) is 17.9. The Kier molecular flexibility index (Phi) is 3.20. The molecule has 0 bridgehead atoms. The van der Waals surface area contributed by atoms with Crippen molar-refractivity contribution in [1.82, 2.24) is 0 Å². The van der Waals surface area contributed by atoms with Gasteiger partial charge in [-0.1, -0.05) is 30.3 Å². The lowest BCUT2D eigenvalue weighted by molar-refractivity contribution is 0.0736. The van der Waals surface area contributed by atoms with Crippen LogP contribution in [0.25, 0.3) is 10.8 Å². The van der Waals surface area contributed by atoms with Crippen LogP contribution >= 0.6 is 0 Å². The first-order valence-corrected chi connectivity index (χ1v) is 6.49. The molecule has 0 heterocycles. The molecule has 0 aliphatic rings. The summed E-state index contributed by atoms with van der Waals surface area (Å²) in [5.41, 5.74) is 12.9. The summed E-state index contributed by atoms with van der Waals surface area (Å²) < 4.78 is 5.31. The van der Waals surface area contributed by atoms with E-state index in [2.05, 4.69) is 0 Å². The van der Waals surface area contributed by atoms with Crippen molar-refractivity contribution < 1.29 is 9.53 Å². The average molecular weight is 278 g/mol. The molecule has 3 aromatic rings. The molecular weight excluding hydrogens is 264 g/mol. The molecule has 4 nitrogen and oxygen atoms in total. The minimum atomic E-state index is -0.496. The summed E-state index contributed by atoms with van der Waals surface area (Å²) in [4.78, 5) is 12.2. The van der Waals surface area contributed by atoms with Gasteiger partial charge in [0.2, 0.25) is 0 Å². The van der Waals surface area contributed by atoms with E-state index in [1.165, 1.54) is 0 Å². The molecule has 0 atom stereocenters. The van der Waals surface area contributed by atoms with Crippen LogP contribution < -0.4 is 16.2 Å². The Morgan fingerprint density at radius 3 is 2.29 bits per heavy atom. The normalized spacial score (nSPS) is 10.5. The summed E-state index contributed by atoms with van der Waals surface area (Å²) in [6.07, 6.45) is 0.